The lowest BCUT2D eigenvalue weighted by Gasteiger charge is -2.14. The monoisotopic (exact) mass is 478 g/mol. The summed E-state index contributed by atoms with van der Waals surface area (Å²) in [6.07, 6.45) is 11.9. The third-order valence-corrected chi connectivity index (χ3v) is 6.83. The van der Waals surface area contributed by atoms with Gasteiger partial charge in [0.05, 0.1) is 18.1 Å². The largest absolute Gasteiger partial charge is 0.398 e. The number of nitrogen functional groups attached to an aromatic ring is 1. The molecule has 36 heavy (non-hydrogen) atoms. The van der Waals surface area contributed by atoms with E-state index in [1.165, 1.54) is 0 Å². The van der Waals surface area contributed by atoms with Crippen LogP contribution >= 0.6 is 0 Å². The Hall–Kier alpha value is -4.53. The van der Waals surface area contributed by atoms with Gasteiger partial charge in [-0.3, -0.25) is 19.1 Å². The number of carbonyl (C=O) groups excluding carboxylic acids is 1. The molecule has 6 rings (SSSR count). The summed E-state index contributed by atoms with van der Waals surface area (Å²) in [6, 6.07) is 7.89. The standard InChI is InChI=1S/C27H26N8O/c1-15-4-5-29-26(19-11-32-35(3)14-19)25(15)17-6-16-8-24(30-12-22(16)23(28)7-17)33-27(36)21-9-20(21)18-10-31-34(2)13-18/h4-8,10-14,20-21H,9,28H2,1-3H3,(H,30,33,36)/t20-,21+/m0/s1. The number of benzene rings is 1. The Kier molecular flexibility index (Phi) is 5.06. The second-order valence-electron chi connectivity index (χ2n) is 9.50. The van der Waals surface area contributed by atoms with E-state index in [0.29, 0.717) is 11.5 Å². The summed E-state index contributed by atoms with van der Waals surface area (Å²) >= 11 is 0. The minimum atomic E-state index is -0.0665. The van der Waals surface area contributed by atoms with Crippen molar-refractivity contribution < 1.29 is 4.79 Å². The third-order valence-electron chi connectivity index (χ3n) is 6.83. The molecule has 180 valence electrons. The van der Waals surface area contributed by atoms with Gasteiger partial charge in [-0.05, 0) is 65.6 Å². The van der Waals surface area contributed by atoms with Crippen molar-refractivity contribution in [3.8, 4) is 22.4 Å². The number of anilines is 2. The second-order valence-corrected chi connectivity index (χ2v) is 9.50. The molecule has 0 spiro atoms. The van der Waals surface area contributed by atoms with Crippen LogP contribution in [0.3, 0.4) is 0 Å². The van der Waals surface area contributed by atoms with Gasteiger partial charge in [0.2, 0.25) is 5.91 Å². The van der Waals surface area contributed by atoms with Gasteiger partial charge in [-0.1, -0.05) is 0 Å². The molecule has 1 aromatic carbocycles. The first-order valence-corrected chi connectivity index (χ1v) is 11.8. The molecule has 2 atom stereocenters. The number of aryl methyl sites for hydroxylation is 3. The van der Waals surface area contributed by atoms with E-state index in [4.69, 9.17) is 5.73 Å². The zero-order chi connectivity index (χ0) is 25.0. The lowest BCUT2D eigenvalue weighted by Crippen LogP contribution is -2.15. The molecular formula is C27H26N8O. The minimum absolute atomic E-state index is 0.0261. The second kappa shape index (κ2) is 8.30. The normalized spacial score (nSPS) is 16.9. The van der Waals surface area contributed by atoms with Gasteiger partial charge >= 0.3 is 0 Å². The smallest absolute Gasteiger partial charge is 0.229 e. The molecule has 1 saturated carbocycles. The molecule has 1 fully saturated rings. The van der Waals surface area contributed by atoms with Crippen LogP contribution in [0.5, 0.6) is 0 Å². The Bertz CT molecular complexity index is 1630. The van der Waals surface area contributed by atoms with Gasteiger partial charge in [0.15, 0.2) is 0 Å². The zero-order valence-electron chi connectivity index (χ0n) is 20.3. The molecule has 0 unspecified atom stereocenters. The van der Waals surface area contributed by atoms with Gasteiger partial charge in [0.1, 0.15) is 5.82 Å². The van der Waals surface area contributed by atoms with Gasteiger partial charge < -0.3 is 11.1 Å². The number of aromatic nitrogens is 6. The molecule has 4 heterocycles. The van der Waals surface area contributed by atoms with Crippen molar-refractivity contribution in [2.45, 2.75) is 19.3 Å². The lowest BCUT2D eigenvalue weighted by atomic mass is 9.94. The van der Waals surface area contributed by atoms with Crippen LogP contribution in [-0.4, -0.2) is 35.4 Å². The Morgan fingerprint density at radius 2 is 1.83 bits per heavy atom. The van der Waals surface area contributed by atoms with E-state index in [2.05, 4.69) is 38.5 Å². The van der Waals surface area contributed by atoms with Crippen LogP contribution in [0, 0.1) is 12.8 Å². The van der Waals surface area contributed by atoms with Crippen molar-refractivity contribution in [2.24, 2.45) is 20.0 Å². The van der Waals surface area contributed by atoms with Crippen molar-refractivity contribution >= 4 is 28.2 Å². The molecular weight excluding hydrogens is 452 g/mol. The van der Waals surface area contributed by atoms with Crippen LogP contribution in [-0.2, 0) is 18.9 Å². The molecule has 0 bridgehead atoms. The highest BCUT2D eigenvalue weighted by Gasteiger charge is 2.44. The molecule has 1 aliphatic carbocycles. The van der Waals surface area contributed by atoms with Crippen molar-refractivity contribution in [3.05, 3.63) is 72.6 Å². The Balaban J connectivity index is 1.33. The van der Waals surface area contributed by atoms with Gasteiger partial charge in [-0.25, -0.2) is 4.98 Å². The molecule has 0 aliphatic heterocycles. The predicted octanol–water partition coefficient (Wildman–Crippen LogP) is 4.06. The molecule has 9 nitrogen and oxygen atoms in total. The van der Waals surface area contributed by atoms with Gasteiger partial charge in [0.25, 0.3) is 0 Å². The number of nitrogens with zero attached hydrogens (tertiary/aromatic N) is 6. The van der Waals surface area contributed by atoms with Crippen LogP contribution in [0.2, 0.25) is 0 Å². The number of nitrogens with two attached hydrogens (primary N) is 1. The van der Waals surface area contributed by atoms with Gasteiger partial charge in [-0.15, -0.1) is 0 Å². The highest BCUT2D eigenvalue weighted by molar-refractivity contribution is 6.01. The first-order chi connectivity index (χ1) is 17.4. The predicted molar refractivity (Wildman–Crippen MR) is 139 cm³/mol. The quantitative estimate of drug-likeness (QED) is 0.368. The molecule has 5 aromatic rings. The fraction of sp³-hybridized carbons (Fsp3) is 0.222. The number of nitrogens with one attached hydrogen (secondary N) is 1. The van der Waals surface area contributed by atoms with Crippen molar-refractivity contribution in [3.63, 3.8) is 0 Å². The average Bonchev–Trinajstić information content (AvgIpc) is 3.35. The van der Waals surface area contributed by atoms with E-state index in [1.807, 2.05) is 57.1 Å². The molecule has 4 aromatic heterocycles. The number of pyridine rings is 2. The number of rotatable bonds is 5. The summed E-state index contributed by atoms with van der Waals surface area (Å²) in [5, 5.41) is 13.2. The maximum absolute atomic E-state index is 12.9. The maximum Gasteiger partial charge on any atom is 0.229 e. The number of hydrogen-bond donors (Lipinski definition) is 2. The highest BCUT2D eigenvalue weighted by atomic mass is 16.2. The summed E-state index contributed by atoms with van der Waals surface area (Å²) in [6.45, 7) is 2.06. The molecule has 3 N–H and O–H groups in total. The number of fused-ring (bicyclic) bond motifs is 1. The minimum Gasteiger partial charge on any atom is -0.398 e. The van der Waals surface area contributed by atoms with Crippen molar-refractivity contribution in [1.29, 1.82) is 0 Å². The topological polar surface area (TPSA) is 117 Å². The van der Waals surface area contributed by atoms with E-state index in [0.717, 1.165) is 50.7 Å². The summed E-state index contributed by atoms with van der Waals surface area (Å²) in [5.41, 5.74) is 13.0. The van der Waals surface area contributed by atoms with E-state index in [1.54, 1.807) is 21.8 Å². The Morgan fingerprint density at radius 1 is 1.03 bits per heavy atom. The van der Waals surface area contributed by atoms with E-state index < -0.39 is 0 Å². The molecule has 1 amide bonds. The van der Waals surface area contributed by atoms with Crippen LogP contribution in [0.4, 0.5) is 11.5 Å². The van der Waals surface area contributed by atoms with Crippen LogP contribution in [0.15, 0.2) is 61.4 Å². The maximum atomic E-state index is 12.9. The van der Waals surface area contributed by atoms with Crippen molar-refractivity contribution in [2.75, 3.05) is 11.1 Å². The lowest BCUT2D eigenvalue weighted by molar-refractivity contribution is -0.117. The van der Waals surface area contributed by atoms with Crippen LogP contribution in [0.1, 0.15) is 23.5 Å². The van der Waals surface area contributed by atoms with E-state index >= 15 is 0 Å². The van der Waals surface area contributed by atoms with Gasteiger partial charge in [-0.2, -0.15) is 10.2 Å². The van der Waals surface area contributed by atoms with Crippen LogP contribution < -0.4 is 11.1 Å². The van der Waals surface area contributed by atoms with Crippen molar-refractivity contribution in [1.82, 2.24) is 29.5 Å². The SMILES string of the molecule is Cc1ccnc(-c2cnn(C)c2)c1-c1cc(N)c2cnc(NC(=O)[C@@H]3C[C@H]3c3cnn(C)c3)cc2c1. The summed E-state index contributed by atoms with van der Waals surface area (Å²) in [5.74, 6) is 0.627. The molecule has 0 saturated heterocycles. The summed E-state index contributed by atoms with van der Waals surface area (Å²) in [4.78, 5) is 22.0. The molecule has 9 heteroatoms. The number of amides is 1. The average molecular weight is 479 g/mol. The van der Waals surface area contributed by atoms with E-state index in [9.17, 15) is 4.79 Å². The highest BCUT2D eigenvalue weighted by Crippen LogP contribution is 2.48. The third kappa shape index (κ3) is 3.88. The summed E-state index contributed by atoms with van der Waals surface area (Å²) < 4.78 is 3.52. The fourth-order valence-electron chi connectivity index (χ4n) is 4.89. The Labute approximate surface area is 208 Å². The number of hydrogen-bond acceptors (Lipinski definition) is 6. The Morgan fingerprint density at radius 3 is 2.58 bits per heavy atom. The van der Waals surface area contributed by atoms with Crippen LogP contribution in [0.25, 0.3) is 33.2 Å². The molecule has 1 aliphatic rings. The first kappa shape index (κ1) is 22.0. The number of carbonyl (C=O) groups is 1. The molecule has 0 radical (unpaired) electrons. The zero-order valence-corrected chi connectivity index (χ0v) is 20.3. The summed E-state index contributed by atoms with van der Waals surface area (Å²) in [7, 11) is 3.77. The fourth-order valence-corrected chi connectivity index (χ4v) is 4.89. The first-order valence-electron chi connectivity index (χ1n) is 11.8. The van der Waals surface area contributed by atoms with Gasteiger partial charge in [0, 0.05) is 67.0 Å². The van der Waals surface area contributed by atoms with E-state index in [-0.39, 0.29) is 17.7 Å².